The van der Waals surface area contributed by atoms with Crippen molar-refractivity contribution in [3.8, 4) is 5.75 Å². The topological polar surface area (TPSA) is 85.3 Å². The minimum absolute atomic E-state index is 0.00506. The second kappa shape index (κ2) is 7.77. The van der Waals surface area contributed by atoms with Crippen LogP contribution in [0.1, 0.15) is 10.4 Å². The first-order chi connectivity index (χ1) is 10.6. The lowest BCUT2D eigenvalue weighted by atomic mass is 10.1. The number of amides is 1. The number of ether oxygens (including phenoxy) is 3. The zero-order chi connectivity index (χ0) is 15.9. The zero-order valence-electron chi connectivity index (χ0n) is 12.4. The number of carboxylic acid groups (broad SMARTS) is 1. The monoisotopic (exact) mass is 309 g/mol. The largest absolute Gasteiger partial charge is 0.491 e. The molecule has 22 heavy (non-hydrogen) atoms. The van der Waals surface area contributed by atoms with Gasteiger partial charge in [0.25, 0.3) is 5.91 Å². The van der Waals surface area contributed by atoms with Crippen LogP contribution in [0.2, 0.25) is 0 Å². The molecule has 1 amide bonds. The average Bonchev–Trinajstić information content (AvgIpc) is 2.54. The van der Waals surface area contributed by atoms with E-state index < -0.39 is 12.0 Å². The Labute approximate surface area is 128 Å². The Kier molecular flexibility index (Phi) is 5.74. The highest BCUT2D eigenvalue weighted by Gasteiger charge is 2.33. The summed E-state index contributed by atoms with van der Waals surface area (Å²) in [6, 6.07) is 5.72. The number of nitrogens with zero attached hydrogens (tertiary/aromatic N) is 1. The van der Waals surface area contributed by atoms with Gasteiger partial charge < -0.3 is 24.2 Å². The van der Waals surface area contributed by atoms with Crippen molar-refractivity contribution in [2.24, 2.45) is 0 Å². The maximum absolute atomic E-state index is 12.5. The molecule has 0 aromatic heterocycles. The van der Waals surface area contributed by atoms with Crippen LogP contribution in [0.15, 0.2) is 24.3 Å². The molecule has 0 spiro atoms. The number of carbonyl (C=O) groups excluding carboxylic acids is 1. The minimum Gasteiger partial charge on any atom is -0.491 e. The molecule has 0 unspecified atom stereocenters. The SMILES string of the molecule is COCCOc1cccc(C(=O)N2CCOC[C@@H]2C(=O)O)c1. The van der Waals surface area contributed by atoms with Gasteiger partial charge in [-0.1, -0.05) is 6.07 Å². The molecule has 0 bridgehead atoms. The molecule has 1 fully saturated rings. The van der Waals surface area contributed by atoms with Crippen LogP contribution in [0.3, 0.4) is 0 Å². The summed E-state index contributed by atoms with van der Waals surface area (Å²) >= 11 is 0. The Bertz CT molecular complexity index is 533. The van der Waals surface area contributed by atoms with Crippen LogP contribution in [0.4, 0.5) is 0 Å². The van der Waals surface area contributed by atoms with E-state index in [1.54, 1.807) is 31.4 Å². The summed E-state index contributed by atoms with van der Waals surface area (Å²) in [6.07, 6.45) is 0. The van der Waals surface area contributed by atoms with E-state index in [1.807, 2.05) is 0 Å². The van der Waals surface area contributed by atoms with Gasteiger partial charge in [-0.25, -0.2) is 4.79 Å². The Morgan fingerprint density at radius 3 is 2.95 bits per heavy atom. The maximum atomic E-state index is 12.5. The molecule has 1 saturated heterocycles. The van der Waals surface area contributed by atoms with Crippen molar-refractivity contribution in [3.05, 3.63) is 29.8 Å². The Morgan fingerprint density at radius 2 is 2.23 bits per heavy atom. The first-order valence-corrected chi connectivity index (χ1v) is 6.97. The summed E-state index contributed by atoms with van der Waals surface area (Å²) in [7, 11) is 1.58. The molecule has 1 aliphatic heterocycles. The lowest BCUT2D eigenvalue weighted by Gasteiger charge is -2.32. The van der Waals surface area contributed by atoms with E-state index in [9.17, 15) is 14.7 Å². The first-order valence-electron chi connectivity index (χ1n) is 6.97. The molecule has 2 rings (SSSR count). The second-order valence-electron chi connectivity index (χ2n) is 4.80. The molecule has 1 heterocycles. The van der Waals surface area contributed by atoms with Crippen LogP contribution in [0.5, 0.6) is 5.75 Å². The number of morpholine rings is 1. The number of benzene rings is 1. The Hall–Kier alpha value is -2.12. The predicted octanol–water partition coefficient (Wildman–Crippen LogP) is 0.637. The van der Waals surface area contributed by atoms with Crippen LogP contribution < -0.4 is 4.74 Å². The molecule has 0 radical (unpaired) electrons. The average molecular weight is 309 g/mol. The van der Waals surface area contributed by atoms with Crippen molar-refractivity contribution in [2.75, 3.05) is 40.1 Å². The molecule has 1 aromatic carbocycles. The van der Waals surface area contributed by atoms with E-state index in [4.69, 9.17) is 14.2 Å². The molecule has 7 heteroatoms. The Balaban J connectivity index is 2.10. The zero-order valence-corrected chi connectivity index (χ0v) is 12.4. The van der Waals surface area contributed by atoms with Crippen LogP contribution in [0.25, 0.3) is 0 Å². The third-order valence-electron chi connectivity index (χ3n) is 3.31. The van der Waals surface area contributed by atoms with Crippen LogP contribution >= 0.6 is 0 Å². The fraction of sp³-hybridized carbons (Fsp3) is 0.467. The van der Waals surface area contributed by atoms with E-state index >= 15 is 0 Å². The molecular formula is C15H19NO6. The lowest BCUT2D eigenvalue weighted by molar-refractivity contribution is -0.147. The predicted molar refractivity (Wildman–Crippen MR) is 77.1 cm³/mol. The molecule has 7 nitrogen and oxygen atoms in total. The number of hydrogen-bond donors (Lipinski definition) is 1. The number of carbonyl (C=O) groups is 2. The Morgan fingerprint density at radius 1 is 1.41 bits per heavy atom. The lowest BCUT2D eigenvalue weighted by Crippen LogP contribution is -2.52. The van der Waals surface area contributed by atoms with Gasteiger partial charge in [-0.3, -0.25) is 4.79 Å². The number of aliphatic carboxylic acids is 1. The summed E-state index contributed by atoms with van der Waals surface area (Å²) < 4.78 is 15.5. The molecule has 0 saturated carbocycles. The number of hydrogen-bond acceptors (Lipinski definition) is 5. The van der Waals surface area contributed by atoms with E-state index in [0.717, 1.165) is 0 Å². The molecule has 1 atom stereocenters. The standard InChI is InChI=1S/C15H19NO6/c1-20-7-8-22-12-4-2-3-11(9-12)14(17)16-5-6-21-10-13(16)15(18)19/h2-4,9,13H,5-8,10H2,1H3,(H,18,19)/t13-/m1/s1. The van der Waals surface area contributed by atoms with Crippen molar-refractivity contribution in [3.63, 3.8) is 0 Å². The normalized spacial score (nSPS) is 18.0. The molecule has 1 N–H and O–H groups in total. The van der Waals surface area contributed by atoms with Gasteiger partial charge in [-0.05, 0) is 18.2 Å². The summed E-state index contributed by atoms with van der Waals surface area (Å²) in [6.45, 7) is 1.42. The fourth-order valence-corrected chi connectivity index (χ4v) is 2.18. The van der Waals surface area contributed by atoms with Crippen molar-refractivity contribution >= 4 is 11.9 Å². The fourth-order valence-electron chi connectivity index (χ4n) is 2.18. The number of methoxy groups -OCH3 is 1. The van der Waals surface area contributed by atoms with Crippen molar-refractivity contribution < 1.29 is 28.9 Å². The highest BCUT2D eigenvalue weighted by atomic mass is 16.5. The smallest absolute Gasteiger partial charge is 0.328 e. The van der Waals surface area contributed by atoms with Gasteiger partial charge in [-0.15, -0.1) is 0 Å². The highest BCUT2D eigenvalue weighted by Crippen LogP contribution is 2.18. The van der Waals surface area contributed by atoms with Crippen LogP contribution in [0, 0.1) is 0 Å². The molecule has 0 aliphatic carbocycles. The summed E-state index contributed by atoms with van der Waals surface area (Å²) in [5, 5.41) is 9.19. The first kappa shape index (κ1) is 16.3. The van der Waals surface area contributed by atoms with E-state index in [1.165, 1.54) is 4.90 Å². The van der Waals surface area contributed by atoms with Gasteiger partial charge in [0.1, 0.15) is 12.4 Å². The molecular weight excluding hydrogens is 290 g/mol. The number of carboxylic acids is 1. The summed E-state index contributed by atoms with van der Waals surface area (Å²) in [4.78, 5) is 25.1. The molecule has 1 aromatic rings. The van der Waals surface area contributed by atoms with E-state index in [0.29, 0.717) is 31.1 Å². The van der Waals surface area contributed by atoms with Crippen molar-refractivity contribution in [1.29, 1.82) is 0 Å². The second-order valence-corrected chi connectivity index (χ2v) is 4.80. The van der Waals surface area contributed by atoms with E-state index in [2.05, 4.69) is 0 Å². The van der Waals surface area contributed by atoms with Crippen molar-refractivity contribution in [2.45, 2.75) is 6.04 Å². The van der Waals surface area contributed by atoms with Gasteiger partial charge in [0.05, 0.1) is 19.8 Å². The van der Waals surface area contributed by atoms with Crippen LogP contribution in [-0.4, -0.2) is 68.0 Å². The molecule has 120 valence electrons. The van der Waals surface area contributed by atoms with Crippen LogP contribution in [-0.2, 0) is 14.3 Å². The van der Waals surface area contributed by atoms with E-state index in [-0.39, 0.29) is 19.1 Å². The highest BCUT2D eigenvalue weighted by molar-refractivity contribution is 5.97. The van der Waals surface area contributed by atoms with Gasteiger partial charge >= 0.3 is 5.97 Å². The molecule has 1 aliphatic rings. The van der Waals surface area contributed by atoms with Gasteiger partial charge in [0.2, 0.25) is 0 Å². The third-order valence-corrected chi connectivity index (χ3v) is 3.31. The van der Waals surface area contributed by atoms with Gasteiger partial charge in [-0.2, -0.15) is 0 Å². The van der Waals surface area contributed by atoms with Crippen molar-refractivity contribution in [1.82, 2.24) is 4.90 Å². The summed E-state index contributed by atoms with van der Waals surface area (Å²) in [5.41, 5.74) is 0.392. The van der Waals surface area contributed by atoms with Gasteiger partial charge in [0.15, 0.2) is 6.04 Å². The third kappa shape index (κ3) is 3.96. The quantitative estimate of drug-likeness (QED) is 0.776. The summed E-state index contributed by atoms with van der Waals surface area (Å²) in [5.74, 6) is -0.864. The minimum atomic E-state index is -1.07. The maximum Gasteiger partial charge on any atom is 0.328 e. The van der Waals surface area contributed by atoms with Gasteiger partial charge in [0, 0.05) is 19.2 Å². The number of rotatable bonds is 6.